The molecule has 1 aromatic carbocycles. The Hall–Kier alpha value is -1.67. The summed E-state index contributed by atoms with van der Waals surface area (Å²) < 4.78 is 14.1. The second-order valence-corrected chi connectivity index (χ2v) is 5.10. The van der Waals surface area contributed by atoms with E-state index in [9.17, 15) is 9.18 Å². The van der Waals surface area contributed by atoms with Crippen LogP contribution >= 0.6 is 23.1 Å². The van der Waals surface area contributed by atoms with Crippen molar-refractivity contribution in [3.8, 4) is 0 Å². The van der Waals surface area contributed by atoms with E-state index < -0.39 is 11.8 Å². The molecule has 0 atom stereocenters. The van der Waals surface area contributed by atoms with Gasteiger partial charge in [0.05, 0.1) is 10.5 Å². The largest absolute Gasteiger partial charge is 0.478 e. The van der Waals surface area contributed by atoms with E-state index in [-0.39, 0.29) is 16.1 Å². The molecule has 3 N–H and O–H groups in total. The average molecular weight is 271 g/mol. The highest BCUT2D eigenvalue weighted by Gasteiger charge is 2.14. The summed E-state index contributed by atoms with van der Waals surface area (Å²) in [6.45, 7) is 0. The predicted octanol–water partition coefficient (Wildman–Crippen LogP) is 2.11. The van der Waals surface area contributed by atoms with Crippen LogP contribution in [0.15, 0.2) is 26.9 Å². The Morgan fingerprint density at radius 2 is 2.29 bits per heavy atom. The van der Waals surface area contributed by atoms with E-state index in [1.54, 1.807) is 0 Å². The first-order chi connectivity index (χ1) is 8.08. The van der Waals surface area contributed by atoms with Crippen LogP contribution in [0.3, 0.4) is 0 Å². The maximum absolute atomic E-state index is 13.5. The Morgan fingerprint density at radius 3 is 2.88 bits per heavy atom. The zero-order valence-electron chi connectivity index (χ0n) is 8.25. The van der Waals surface area contributed by atoms with Gasteiger partial charge in [-0.15, -0.1) is 10.2 Å². The lowest BCUT2D eigenvalue weighted by atomic mass is 10.2. The molecule has 0 aliphatic heterocycles. The van der Waals surface area contributed by atoms with Crippen molar-refractivity contribution in [2.75, 3.05) is 5.73 Å². The molecule has 0 saturated carbocycles. The van der Waals surface area contributed by atoms with Crippen LogP contribution in [0.5, 0.6) is 0 Å². The van der Waals surface area contributed by atoms with E-state index in [1.165, 1.54) is 22.9 Å². The van der Waals surface area contributed by atoms with Crippen molar-refractivity contribution < 1.29 is 14.3 Å². The van der Waals surface area contributed by atoms with E-state index in [4.69, 9.17) is 10.8 Å². The van der Waals surface area contributed by atoms with Crippen molar-refractivity contribution in [1.82, 2.24) is 10.2 Å². The number of anilines is 1. The second-order valence-electron chi connectivity index (χ2n) is 2.98. The van der Waals surface area contributed by atoms with Gasteiger partial charge in [0.15, 0.2) is 4.34 Å². The molecule has 0 spiro atoms. The van der Waals surface area contributed by atoms with E-state index in [0.717, 1.165) is 17.8 Å². The van der Waals surface area contributed by atoms with Crippen LogP contribution in [-0.4, -0.2) is 21.3 Å². The first kappa shape index (κ1) is 11.8. The number of carboxylic acid groups (broad SMARTS) is 1. The zero-order chi connectivity index (χ0) is 12.4. The normalized spacial score (nSPS) is 10.4. The molecule has 1 heterocycles. The lowest BCUT2D eigenvalue weighted by Crippen LogP contribution is -2.03. The number of hydrogen-bond acceptors (Lipinski definition) is 6. The number of halogens is 1. The number of nitrogens with zero attached hydrogens (tertiary/aromatic N) is 2. The summed E-state index contributed by atoms with van der Waals surface area (Å²) in [5.41, 5.74) is 6.69. The fourth-order valence-corrected chi connectivity index (χ4v) is 2.61. The summed E-state index contributed by atoms with van der Waals surface area (Å²) in [7, 11) is 0. The molecule has 5 nitrogen and oxygen atoms in total. The SMILES string of the molecule is Nc1cc(F)c(Sc2nncs2)cc1C(=O)O. The number of carboxylic acids is 1. The molecule has 8 heteroatoms. The van der Waals surface area contributed by atoms with Crippen LogP contribution in [-0.2, 0) is 0 Å². The fraction of sp³-hybridized carbons (Fsp3) is 0. The predicted molar refractivity (Wildman–Crippen MR) is 61.8 cm³/mol. The third-order valence-corrected chi connectivity index (χ3v) is 3.68. The monoisotopic (exact) mass is 271 g/mol. The Balaban J connectivity index is 2.40. The minimum Gasteiger partial charge on any atom is -0.478 e. The standard InChI is InChI=1S/C9H6FN3O2S2/c10-5-2-6(11)4(8(14)15)1-7(5)17-9-13-12-3-16-9/h1-3H,11H2,(H,14,15). The van der Waals surface area contributed by atoms with Gasteiger partial charge in [0, 0.05) is 5.69 Å². The highest BCUT2D eigenvalue weighted by Crippen LogP contribution is 2.32. The van der Waals surface area contributed by atoms with Crippen molar-refractivity contribution in [2.24, 2.45) is 0 Å². The smallest absolute Gasteiger partial charge is 0.337 e. The second kappa shape index (κ2) is 4.68. The average Bonchev–Trinajstić information content (AvgIpc) is 2.74. The van der Waals surface area contributed by atoms with E-state index in [0.29, 0.717) is 4.34 Å². The molecule has 0 radical (unpaired) electrons. The summed E-state index contributed by atoms with van der Waals surface area (Å²) in [6, 6.07) is 2.19. The molecule has 0 aliphatic carbocycles. The van der Waals surface area contributed by atoms with Crippen LogP contribution in [0.1, 0.15) is 10.4 Å². The third-order valence-electron chi connectivity index (χ3n) is 1.87. The molecule has 0 amide bonds. The summed E-state index contributed by atoms with van der Waals surface area (Å²) >= 11 is 2.25. The quantitative estimate of drug-likeness (QED) is 0.831. The Morgan fingerprint density at radius 1 is 1.53 bits per heavy atom. The molecule has 2 aromatic rings. The van der Waals surface area contributed by atoms with E-state index in [2.05, 4.69) is 10.2 Å². The van der Waals surface area contributed by atoms with Crippen molar-refractivity contribution in [3.63, 3.8) is 0 Å². The fourth-order valence-electron chi connectivity index (χ4n) is 1.13. The molecule has 1 aromatic heterocycles. The molecule has 17 heavy (non-hydrogen) atoms. The van der Waals surface area contributed by atoms with Gasteiger partial charge < -0.3 is 10.8 Å². The van der Waals surface area contributed by atoms with E-state index in [1.807, 2.05) is 0 Å². The summed E-state index contributed by atoms with van der Waals surface area (Å²) in [4.78, 5) is 11.0. The summed E-state index contributed by atoms with van der Waals surface area (Å²) in [5.74, 6) is -1.77. The van der Waals surface area contributed by atoms with Gasteiger partial charge in [-0.05, 0) is 12.1 Å². The van der Waals surface area contributed by atoms with Gasteiger partial charge in [-0.25, -0.2) is 9.18 Å². The van der Waals surface area contributed by atoms with Gasteiger partial charge in [0.1, 0.15) is 11.3 Å². The number of nitrogen functional groups attached to an aromatic ring is 1. The van der Waals surface area contributed by atoms with E-state index >= 15 is 0 Å². The van der Waals surface area contributed by atoms with Gasteiger partial charge in [-0.2, -0.15) is 0 Å². The maximum atomic E-state index is 13.5. The van der Waals surface area contributed by atoms with Gasteiger partial charge in [-0.3, -0.25) is 0 Å². The zero-order valence-corrected chi connectivity index (χ0v) is 9.89. The third kappa shape index (κ3) is 2.53. The highest BCUT2D eigenvalue weighted by atomic mass is 32.2. The Labute approximate surface area is 103 Å². The number of aromatic carboxylic acids is 1. The van der Waals surface area contributed by atoms with Crippen molar-refractivity contribution in [3.05, 3.63) is 29.0 Å². The summed E-state index contributed by atoms with van der Waals surface area (Å²) in [6.07, 6.45) is 0. The highest BCUT2D eigenvalue weighted by molar-refractivity contribution is 8.01. The minimum atomic E-state index is -1.19. The van der Waals surface area contributed by atoms with Crippen molar-refractivity contribution in [2.45, 2.75) is 9.24 Å². The molecule has 0 fully saturated rings. The first-order valence-corrected chi connectivity index (χ1v) is 6.04. The number of aromatic nitrogens is 2. The first-order valence-electron chi connectivity index (χ1n) is 4.34. The molecule has 0 unspecified atom stereocenters. The maximum Gasteiger partial charge on any atom is 0.337 e. The van der Waals surface area contributed by atoms with Gasteiger partial charge >= 0.3 is 5.97 Å². The lowest BCUT2D eigenvalue weighted by molar-refractivity contribution is 0.0697. The molecule has 88 valence electrons. The van der Waals surface area contributed by atoms with Gasteiger partial charge in [0.2, 0.25) is 0 Å². The Kier molecular flexibility index (Phi) is 3.25. The number of benzene rings is 1. The number of carbonyl (C=O) groups is 1. The van der Waals surface area contributed by atoms with Gasteiger partial charge in [0.25, 0.3) is 0 Å². The summed E-state index contributed by atoms with van der Waals surface area (Å²) in [5, 5.41) is 16.2. The number of rotatable bonds is 3. The number of nitrogens with two attached hydrogens (primary N) is 1. The Bertz CT molecular complexity index is 560. The molecular weight excluding hydrogens is 265 g/mol. The van der Waals surface area contributed by atoms with Crippen molar-refractivity contribution in [1.29, 1.82) is 0 Å². The molecule has 0 saturated heterocycles. The minimum absolute atomic E-state index is 0.100. The molecule has 0 bridgehead atoms. The lowest BCUT2D eigenvalue weighted by Gasteiger charge is -2.05. The van der Waals surface area contributed by atoms with Crippen LogP contribution in [0.2, 0.25) is 0 Å². The van der Waals surface area contributed by atoms with Crippen LogP contribution < -0.4 is 5.73 Å². The number of hydrogen-bond donors (Lipinski definition) is 2. The molecular formula is C9H6FN3O2S2. The van der Waals surface area contributed by atoms with Crippen LogP contribution in [0, 0.1) is 5.82 Å². The van der Waals surface area contributed by atoms with Crippen molar-refractivity contribution >= 4 is 34.8 Å². The van der Waals surface area contributed by atoms with Gasteiger partial charge in [-0.1, -0.05) is 23.1 Å². The molecule has 0 aliphatic rings. The topological polar surface area (TPSA) is 89.1 Å². The van der Waals surface area contributed by atoms with Crippen LogP contribution in [0.25, 0.3) is 0 Å². The van der Waals surface area contributed by atoms with Crippen LogP contribution in [0.4, 0.5) is 10.1 Å². The molecule has 2 rings (SSSR count).